The summed E-state index contributed by atoms with van der Waals surface area (Å²) in [5.41, 5.74) is 5.75. The maximum Gasteiger partial charge on any atom is 0.413 e. The summed E-state index contributed by atoms with van der Waals surface area (Å²) in [5.74, 6) is 3.58. The molecule has 8 nitrogen and oxygen atoms in total. The molecular formula is C25H36N4O4SSi. The van der Waals surface area contributed by atoms with Crippen LogP contribution in [0.4, 0.5) is 10.6 Å². The van der Waals surface area contributed by atoms with Gasteiger partial charge in [-0.05, 0) is 48.4 Å². The Bertz CT molecular complexity index is 1240. The minimum Gasteiger partial charge on any atom is -0.446 e. The van der Waals surface area contributed by atoms with Crippen molar-refractivity contribution in [3.8, 4) is 11.5 Å². The summed E-state index contributed by atoms with van der Waals surface area (Å²) in [5, 5.41) is 2.91. The number of carbonyl (C=O) groups is 1. The Morgan fingerprint density at radius 3 is 2.23 bits per heavy atom. The summed E-state index contributed by atoms with van der Waals surface area (Å²) in [6.45, 7) is 13.4. The first kappa shape index (κ1) is 27.1. The van der Waals surface area contributed by atoms with Crippen molar-refractivity contribution < 1.29 is 17.9 Å². The molecule has 35 heavy (non-hydrogen) atoms. The summed E-state index contributed by atoms with van der Waals surface area (Å²) in [7, 11) is -5.67. The van der Waals surface area contributed by atoms with Crippen molar-refractivity contribution in [2.75, 3.05) is 11.6 Å². The third-order valence-corrected chi connectivity index (χ3v) is 14.1. The zero-order valence-electron chi connectivity index (χ0n) is 21.7. The summed E-state index contributed by atoms with van der Waals surface area (Å²) in [6.07, 6.45) is 5.61. The largest absolute Gasteiger partial charge is 0.446 e. The lowest BCUT2D eigenvalue weighted by Gasteiger charge is -2.38. The number of nitrogens with one attached hydrogen (secondary N) is 1. The van der Waals surface area contributed by atoms with Crippen LogP contribution >= 0.6 is 0 Å². The molecule has 1 aliphatic carbocycles. The number of sulfone groups is 1. The zero-order chi connectivity index (χ0) is 26.0. The van der Waals surface area contributed by atoms with Crippen molar-refractivity contribution in [1.82, 2.24) is 15.0 Å². The molecule has 0 atom stereocenters. The first-order valence-electron chi connectivity index (χ1n) is 12.2. The molecule has 0 bridgehead atoms. The molecular weight excluding hydrogens is 480 g/mol. The van der Waals surface area contributed by atoms with E-state index in [4.69, 9.17) is 4.74 Å². The molecule has 190 valence electrons. The summed E-state index contributed by atoms with van der Waals surface area (Å²) in [6, 6.07) is 1.69. The minimum absolute atomic E-state index is 0.0939. The fourth-order valence-corrected chi connectivity index (χ4v) is 11.0. The highest BCUT2D eigenvalue weighted by atomic mass is 32.2. The molecule has 2 aromatic heterocycles. The lowest BCUT2D eigenvalue weighted by Crippen LogP contribution is -2.43. The van der Waals surface area contributed by atoms with Gasteiger partial charge in [0.25, 0.3) is 0 Å². The van der Waals surface area contributed by atoms with Crippen molar-refractivity contribution in [3.63, 3.8) is 0 Å². The van der Waals surface area contributed by atoms with Gasteiger partial charge in [0.1, 0.15) is 20.0 Å². The smallest absolute Gasteiger partial charge is 0.413 e. The standard InChI is InChI=1S/C25H36N4O4SSi/c1-16(2)35(17(3)4,18(5)6)13-12-19-14-22(28-25(30)33-20-10-8-9-11-20)27-23-21(19)15-26-24(29-23)34(7,31)32/h14-18,20H,8-11H2,1-7H3,(H,26,27,28,29,30). The van der Waals surface area contributed by atoms with E-state index in [1.54, 1.807) is 6.07 Å². The van der Waals surface area contributed by atoms with Gasteiger partial charge in [-0.3, -0.25) is 5.32 Å². The first-order chi connectivity index (χ1) is 16.3. The number of hydrogen-bond acceptors (Lipinski definition) is 7. The number of aromatic nitrogens is 3. The topological polar surface area (TPSA) is 111 Å². The van der Waals surface area contributed by atoms with Crippen molar-refractivity contribution in [2.45, 2.75) is 95.1 Å². The van der Waals surface area contributed by atoms with Gasteiger partial charge in [0.15, 0.2) is 5.65 Å². The van der Waals surface area contributed by atoms with E-state index >= 15 is 0 Å². The molecule has 1 fully saturated rings. The summed E-state index contributed by atoms with van der Waals surface area (Å²) >= 11 is 0. The van der Waals surface area contributed by atoms with Gasteiger partial charge >= 0.3 is 6.09 Å². The van der Waals surface area contributed by atoms with Crippen LogP contribution in [-0.4, -0.2) is 49.9 Å². The van der Waals surface area contributed by atoms with Gasteiger partial charge in [0, 0.05) is 18.0 Å². The number of nitrogens with zero attached hydrogens (tertiary/aromatic N) is 3. The predicted octanol–water partition coefficient (Wildman–Crippen LogP) is 5.49. The third kappa shape index (κ3) is 6.01. The maximum absolute atomic E-state index is 12.5. The molecule has 3 rings (SSSR count). The van der Waals surface area contributed by atoms with Crippen LogP contribution < -0.4 is 5.32 Å². The van der Waals surface area contributed by atoms with E-state index in [0.29, 0.717) is 27.6 Å². The minimum atomic E-state index is -3.63. The second-order valence-electron chi connectivity index (χ2n) is 10.3. The monoisotopic (exact) mass is 516 g/mol. The van der Waals surface area contributed by atoms with Gasteiger partial charge in [-0.1, -0.05) is 47.5 Å². The highest BCUT2D eigenvalue weighted by Gasteiger charge is 2.41. The number of fused-ring (bicyclic) bond motifs is 1. The Labute approximate surface area is 209 Å². The Morgan fingerprint density at radius 2 is 1.69 bits per heavy atom. The molecule has 0 spiro atoms. The van der Waals surface area contributed by atoms with Crippen LogP contribution in [0.15, 0.2) is 17.4 Å². The van der Waals surface area contributed by atoms with Crippen molar-refractivity contribution >= 4 is 40.9 Å². The number of pyridine rings is 1. The average Bonchev–Trinajstić information content (AvgIpc) is 3.25. The molecule has 2 heterocycles. The number of carbonyl (C=O) groups excluding carboxylic acids is 1. The van der Waals surface area contributed by atoms with Crippen LogP contribution in [0.1, 0.15) is 72.8 Å². The van der Waals surface area contributed by atoms with Crippen molar-refractivity contribution in [3.05, 3.63) is 17.8 Å². The van der Waals surface area contributed by atoms with Gasteiger partial charge in [-0.25, -0.2) is 23.2 Å². The van der Waals surface area contributed by atoms with Crippen LogP contribution in [0.2, 0.25) is 16.6 Å². The number of amides is 1. The van der Waals surface area contributed by atoms with E-state index in [2.05, 4.69) is 73.3 Å². The number of hydrogen-bond donors (Lipinski definition) is 1. The van der Waals surface area contributed by atoms with E-state index in [1.165, 1.54) is 6.20 Å². The second kappa shape index (κ2) is 10.6. The number of anilines is 1. The Morgan fingerprint density at radius 1 is 1.09 bits per heavy atom. The second-order valence-corrected chi connectivity index (χ2v) is 17.8. The molecule has 10 heteroatoms. The van der Waals surface area contributed by atoms with Crippen molar-refractivity contribution in [2.24, 2.45) is 0 Å². The Balaban J connectivity index is 2.12. The molecule has 1 saturated carbocycles. The van der Waals surface area contributed by atoms with E-state index < -0.39 is 24.0 Å². The van der Waals surface area contributed by atoms with E-state index in [0.717, 1.165) is 31.9 Å². The average molecular weight is 517 g/mol. The van der Waals surface area contributed by atoms with Crippen LogP contribution in [-0.2, 0) is 14.6 Å². The van der Waals surface area contributed by atoms with Crippen LogP contribution in [0.3, 0.4) is 0 Å². The summed E-state index contributed by atoms with van der Waals surface area (Å²) in [4.78, 5) is 25.1. The van der Waals surface area contributed by atoms with Crippen molar-refractivity contribution in [1.29, 1.82) is 0 Å². The van der Waals surface area contributed by atoms with E-state index in [9.17, 15) is 13.2 Å². The highest BCUT2D eigenvalue weighted by molar-refractivity contribution is 7.90. The fourth-order valence-electron chi connectivity index (χ4n) is 5.24. The lowest BCUT2D eigenvalue weighted by atomic mass is 10.2. The molecule has 0 aromatic carbocycles. The number of rotatable bonds is 6. The van der Waals surface area contributed by atoms with Crippen LogP contribution in [0, 0.1) is 11.5 Å². The van der Waals surface area contributed by atoms with Gasteiger partial charge < -0.3 is 4.74 Å². The molecule has 1 amide bonds. The third-order valence-electron chi connectivity index (χ3n) is 6.96. The lowest BCUT2D eigenvalue weighted by molar-refractivity contribution is 0.114. The first-order valence-corrected chi connectivity index (χ1v) is 16.4. The van der Waals surface area contributed by atoms with Gasteiger partial charge in [-0.15, -0.1) is 5.54 Å². The van der Waals surface area contributed by atoms with Crippen LogP contribution in [0.25, 0.3) is 11.0 Å². The quantitative estimate of drug-likeness (QED) is 0.307. The molecule has 1 N–H and O–H groups in total. The Kier molecular flexibility index (Phi) is 8.22. The molecule has 2 aromatic rings. The fraction of sp³-hybridized carbons (Fsp3) is 0.600. The van der Waals surface area contributed by atoms with E-state index in [-0.39, 0.29) is 22.7 Å². The zero-order valence-corrected chi connectivity index (χ0v) is 23.5. The van der Waals surface area contributed by atoms with Gasteiger partial charge in [0.05, 0.1) is 5.39 Å². The van der Waals surface area contributed by atoms with Gasteiger partial charge in [0.2, 0.25) is 15.0 Å². The molecule has 1 aliphatic rings. The Hall–Kier alpha value is -2.51. The SMILES string of the molecule is CC(C)[Si](C#Cc1cc(NC(=O)OC2CCCC2)nc2nc(S(C)(=O)=O)ncc12)(C(C)C)C(C)C. The van der Waals surface area contributed by atoms with E-state index in [1.807, 2.05) is 0 Å². The maximum atomic E-state index is 12.5. The highest BCUT2D eigenvalue weighted by Crippen LogP contribution is 2.41. The molecule has 0 aliphatic heterocycles. The molecule has 0 radical (unpaired) electrons. The van der Waals surface area contributed by atoms with Crippen LogP contribution in [0.5, 0.6) is 0 Å². The predicted molar refractivity (Wildman–Crippen MR) is 141 cm³/mol. The number of ether oxygens (including phenoxy) is 1. The van der Waals surface area contributed by atoms with Gasteiger partial charge in [-0.2, -0.15) is 4.98 Å². The summed E-state index contributed by atoms with van der Waals surface area (Å²) < 4.78 is 29.6. The molecule has 0 saturated heterocycles. The normalized spacial score (nSPS) is 15.0. The molecule has 0 unspecified atom stereocenters.